The van der Waals surface area contributed by atoms with Crippen molar-refractivity contribution in [3.63, 3.8) is 0 Å². The first-order valence-electron chi connectivity index (χ1n) is 6.67. The summed E-state index contributed by atoms with van der Waals surface area (Å²) in [4.78, 5) is 13.8. The molecule has 0 fully saturated rings. The van der Waals surface area contributed by atoms with Gasteiger partial charge in [-0.15, -0.1) is 0 Å². The molecule has 2 atom stereocenters. The minimum Gasteiger partial charge on any atom is -0.353 e. The zero-order valence-corrected chi connectivity index (χ0v) is 12.0. The molecule has 1 amide bonds. The normalized spacial score (nSPS) is 15.1. The van der Waals surface area contributed by atoms with E-state index in [1.54, 1.807) is 0 Å². The van der Waals surface area contributed by atoms with Crippen LogP contribution in [0.2, 0.25) is 0 Å². The van der Waals surface area contributed by atoms with Crippen molar-refractivity contribution in [3.05, 3.63) is 0 Å². The van der Waals surface area contributed by atoms with Gasteiger partial charge in [-0.2, -0.15) is 0 Å². The fraction of sp³-hybridized carbons (Fsp3) is 0.923. The van der Waals surface area contributed by atoms with Gasteiger partial charge in [0.15, 0.2) is 0 Å². The molecule has 0 aromatic rings. The molecule has 0 aromatic heterocycles. The largest absolute Gasteiger partial charge is 0.353 e. The van der Waals surface area contributed by atoms with Gasteiger partial charge in [-0.05, 0) is 26.4 Å². The lowest BCUT2D eigenvalue weighted by molar-refractivity contribution is -0.122. The lowest BCUT2D eigenvalue weighted by atomic mass is 9.93. The topological polar surface area (TPSA) is 58.4 Å². The summed E-state index contributed by atoms with van der Waals surface area (Å²) in [7, 11) is 4.13. The molecular weight excluding hydrogens is 214 g/mol. The maximum Gasteiger partial charge on any atom is 0.236 e. The highest BCUT2D eigenvalue weighted by Gasteiger charge is 2.22. The number of rotatable bonds is 8. The van der Waals surface area contributed by atoms with Crippen LogP contribution in [-0.4, -0.2) is 43.5 Å². The molecule has 2 unspecified atom stereocenters. The number of nitrogens with one attached hydrogen (secondary N) is 1. The third-order valence-corrected chi connectivity index (χ3v) is 3.52. The second-order valence-electron chi connectivity index (χ2n) is 4.87. The molecule has 0 aromatic carbocycles. The van der Waals surface area contributed by atoms with Crippen molar-refractivity contribution in [2.75, 3.05) is 20.6 Å². The first-order valence-corrected chi connectivity index (χ1v) is 6.67. The minimum atomic E-state index is -0.375. The van der Waals surface area contributed by atoms with E-state index in [4.69, 9.17) is 5.73 Å². The molecule has 4 heteroatoms. The third kappa shape index (κ3) is 5.50. The monoisotopic (exact) mass is 243 g/mol. The first-order chi connectivity index (χ1) is 7.97. The number of carbonyl (C=O) groups excluding carboxylic acids is 1. The van der Waals surface area contributed by atoms with Crippen LogP contribution in [0.15, 0.2) is 0 Å². The summed E-state index contributed by atoms with van der Waals surface area (Å²) in [5.74, 6) is 0.577. The van der Waals surface area contributed by atoms with Crippen LogP contribution < -0.4 is 11.1 Å². The van der Waals surface area contributed by atoms with Crippen LogP contribution in [-0.2, 0) is 4.79 Å². The Balaban J connectivity index is 4.32. The number of hydrogen-bond donors (Lipinski definition) is 2. The second kappa shape index (κ2) is 8.48. The summed E-state index contributed by atoms with van der Waals surface area (Å²) in [6.07, 6.45) is 2.95. The minimum absolute atomic E-state index is 0.0368. The molecule has 0 aliphatic heterocycles. The Morgan fingerprint density at radius 3 is 2.06 bits per heavy atom. The van der Waals surface area contributed by atoms with E-state index in [-0.39, 0.29) is 11.9 Å². The summed E-state index contributed by atoms with van der Waals surface area (Å²) in [6, 6.07) is 0.0116. The van der Waals surface area contributed by atoms with Crippen LogP contribution in [0, 0.1) is 5.92 Å². The molecule has 0 saturated carbocycles. The summed E-state index contributed by atoms with van der Waals surface area (Å²) < 4.78 is 0. The molecule has 0 radical (unpaired) electrons. The van der Waals surface area contributed by atoms with E-state index in [2.05, 4.69) is 38.2 Å². The van der Waals surface area contributed by atoms with E-state index in [9.17, 15) is 4.79 Å². The fourth-order valence-corrected chi connectivity index (χ4v) is 2.13. The Hall–Kier alpha value is -0.610. The predicted molar refractivity (Wildman–Crippen MR) is 72.8 cm³/mol. The smallest absolute Gasteiger partial charge is 0.236 e. The Morgan fingerprint density at radius 2 is 1.71 bits per heavy atom. The van der Waals surface area contributed by atoms with E-state index in [0.29, 0.717) is 24.9 Å². The lowest BCUT2D eigenvalue weighted by Gasteiger charge is -2.31. The SMILES string of the molecule is CCC(N)C(=O)NCC(C(CC)CC)N(C)C. The maximum absolute atomic E-state index is 11.6. The number of carbonyl (C=O) groups is 1. The predicted octanol–water partition coefficient (Wildman–Crippen LogP) is 1.21. The zero-order chi connectivity index (χ0) is 13.4. The maximum atomic E-state index is 11.6. The van der Waals surface area contributed by atoms with Gasteiger partial charge in [-0.25, -0.2) is 0 Å². The standard InChI is InChI=1S/C13H29N3O/c1-6-10(7-2)12(16(4)5)9-15-13(17)11(14)8-3/h10-12H,6-9,14H2,1-5H3,(H,15,17). The molecule has 0 aliphatic carbocycles. The number of hydrogen-bond acceptors (Lipinski definition) is 3. The van der Waals surface area contributed by atoms with Gasteiger partial charge in [0.25, 0.3) is 0 Å². The van der Waals surface area contributed by atoms with Crippen LogP contribution in [0.5, 0.6) is 0 Å². The van der Waals surface area contributed by atoms with Crippen molar-refractivity contribution >= 4 is 5.91 Å². The van der Waals surface area contributed by atoms with Crippen molar-refractivity contribution < 1.29 is 4.79 Å². The molecule has 0 bridgehead atoms. The van der Waals surface area contributed by atoms with Gasteiger partial charge in [-0.1, -0.05) is 33.6 Å². The Labute approximate surface area is 106 Å². The van der Waals surface area contributed by atoms with Crippen molar-refractivity contribution in [3.8, 4) is 0 Å². The van der Waals surface area contributed by atoms with E-state index in [1.165, 1.54) is 0 Å². The van der Waals surface area contributed by atoms with Gasteiger partial charge in [0, 0.05) is 12.6 Å². The van der Waals surface area contributed by atoms with Gasteiger partial charge in [0.1, 0.15) is 0 Å². The summed E-state index contributed by atoms with van der Waals surface area (Å²) in [5, 5.41) is 2.96. The summed E-state index contributed by atoms with van der Waals surface area (Å²) in [6.45, 7) is 7.01. The fourth-order valence-electron chi connectivity index (χ4n) is 2.13. The van der Waals surface area contributed by atoms with Crippen LogP contribution in [0.3, 0.4) is 0 Å². The molecular formula is C13H29N3O. The second-order valence-corrected chi connectivity index (χ2v) is 4.87. The number of nitrogens with zero attached hydrogens (tertiary/aromatic N) is 1. The van der Waals surface area contributed by atoms with Gasteiger partial charge in [0.2, 0.25) is 5.91 Å². The average Bonchev–Trinajstić information content (AvgIpc) is 2.32. The molecule has 0 aliphatic rings. The molecule has 3 N–H and O–H groups in total. The molecule has 0 saturated heterocycles. The van der Waals surface area contributed by atoms with Crippen molar-refractivity contribution in [1.29, 1.82) is 0 Å². The quantitative estimate of drug-likeness (QED) is 0.673. The van der Waals surface area contributed by atoms with Gasteiger partial charge >= 0.3 is 0 Å². The molecule has 17 heavy (non-hydrogen) atoms. The van der Waals surface area contributed by atoms with E-state index < -0.39 is 0 Å². The van der Waals surface area contributed by atoms with Gasteiger partial charge in [0.05, 0.1) is 6.04 Å². The molecule has 102 valence electrons. The Morgan fingerprint density at radius 1 is 1.18 bits per heavy atom. The average molecular weight is 243 g/mol. The van der Waals surface area contributed by atoms with Crippen molar-refractivity contribution in [2.24, 2.45) is 11.7 Å². The van der Waals surface area contributed by atoms with Crippen LogP contribution in [0.25, 0.3) is 0 Å². The van der Waals surface area contributed by atoms with Gasteiger partial charge in [-0.3, -0.25) is 4.79 Å². The number of amides is 1. The molecule has 0 heterocycles. The van der Waals surface area contributed by atoms with Crippen molar-refractivity contribution in [1.82, 2.24) is 10.2 Å². The van der Waals surface area contributed by atoms with E-state index in [0.717, 1.165) is 12.8 Å². The van der Waals surface area contributed by atoms with Gasteiger partial charge < -0.3 is 16.0 Å². The van der Waals surface area contributed by atoms with E-state index in [1.807, 2.05) is 6.92 Å². The van der Waals surface area contributed by atoms with E-state index >= 15 is 0 Å². The third-order valence-electron chi connectivity index (χ3n) is 3.52. The first kappa shape index (κ1) is 16.4. The summed E-state index contributed by atoms with van der Waals surface area (Å²) in [5.41, 5.74) is 5.69. The highest BCUT2D eigenvalue weighted by Crippen LogP contribution is 2.16. The Bertz CT molecular complexity index is 215. The lowest BCUT2D eigenvalue weighted by Crippen LogP contribution is -2.48. The highest BCUT2D eigenvalue weighted by atomic mass is 16.2. The van der Waals surface area contributed by atoms with Crippen LogP contribution >= 0.6 is 0 Å². The van der Waals surface area contributed by atoms with Crippen LogP contribution in [0.4, 0.5) is 0 Å². The van der Waals surface area contributed by atoms with Crippen molar-refractivity contribution in [2.45, 2.75) is 52.1 Å². The molecule has 0 spiro atoms. The molecule has 4 nitrogen and oxygen atoms in total. The highest BCUT2D eigenvalue weighted by molar-refractivity contribution is 5.81. The number of nitrogens with two attached hydrogens (primary N) is 1. The zero-order valence-electron chi connectivity index (χ0n) is 12.0. The van der Waals surface area contributed by atoms with Crippen LogP contribution in [0.1, 0.15) is 40.0 Å². The molecule has 0 rings (SSSR count). The summed E-state index contributed by atoms with van der Waals surface area (Å²) >= 11 is 0. The Kier molecular flexibility index (Phi) is 8.17. The number of likely N-dealkylation sites (N-methyl/N-ethyl adjacent to an activating group) is 1.